The van der Waals surface area contributed by atoms with Crippen molar-refractivity contribution >= 4 is 22.9 Å². The Balaban J connectivity index is 1.07. The minimum absolute atomic E-state index is 0.00220. The molecule has 3 aliphatic heterocycles. The molecular formula is C36H40N4O3. The van der Waals surface area contributed by atoms with Crippen molar-refractivity contribution in [2.75, 3.05) is 19.6 Å². The van der Waals surface area contributed by atoms with Crippen molar-refractivity contribution in [3.63, 3.8) is 0 Å². The van der Waals surface area contributed by atoms with E-state index in [1.807, 2.05) is 4.90 Å². The number of hydrogen-bond donors (Lipinski definition) is 1. The Morgan fingerprint density at radius 1 is 0.837 bits per heavy atom. The van der Waals surface area contributed by atoms with Crippen molar-refractivity contribution in [1.82, 2.24) is 19.4 Å². The second kappa shape index (κ2) is 11.3. The molecular weight excluding hydrogens is 536 g/mol. The normalized spacial score (nSPS) is 23.5. The van der Waals surface area contributed by atoms with Gasteiger partial charge in [0, 0.05) is 31.2 Å². The van der Waals surface area contributed by atoms with Gasteiger partial charge in [0.1, 0.15) is 5.82 Å². The maximum Gasteiger partial charge on any atom is 0.336 e. The van der Waals surface area contributed by atoms with Crippen molar-refractivity contribution in [2.24, 2.45) is 0 Å². The summed E-state index contributed by atoms with van der Waals surface area (Å²) in [7, 11) is 0. The monoisotopic (exact) mass is 576 g/mol. The molecule has 2 bridgehead atoms. The van der Waals surface area contributed by atoms with E-state index >= 15 is 0 Å². The van der Waals surface area contributed by atoms with Crippen LogP contribution in [-0.4, -0.2) is 68.1 Å². The van der Waals surface area contributed by atoms with Gasteiger partial charge in [-0.1, -0.05) is 54.6 Å². The van der Waals surface area contributed by atoms with Crippen LogP contribution in [0.15, 0.2) is 78.9 Å². The lowest BCUT2D eigenvalue weighted by Crippen LogP contribution is -2.49. The standard InChI is InChI=1S/C36H40N4O3/c1-25-37-32-13-7-8-14-33(32)40(25)29-23-27-15-16-28(24-29)39(27)22-19-36(26-9-3-2-4-10-26)17-20-38(21-18-36)34(41)30-11-5-6-12-31(30)35(42)43/h2-14,27-29H,15-24H2,1H3,(H,42,43)/t27-,28+,29?. The average molecular weight is 577 g/mol. The number of benzene rings is 3. The number of fused-ring (bicyclic) bond motifs is 3. The molecule has 43 heavy (non-hydrogen) atoms. The number of amides is 1. The van der Waals surface area contributed by atoms with Crippen LogP contribution in [0.5, 0.6) is 0 Å². The average Bonchev–Trinajstić information content (AvgIpc) is 3.50. The molecule has 3 aliphatic rings. The number of piperidine rings is 2. The zero-order valence-corrected chi connectivity index (χ0v) is 24.9. The van der Waals surface area contributed by atoms with E-state index in [1.165, 1.54) is 42.8 Å². The van der Waals surface area contributed by atoms with Crippen LogP contribution in [0, 0.1) is 6.92 Å². The number of carboxylic acids is 1. The van der Waals surface area contributed by atoms with E-state index in [4.69, 9.17) is 4.98 Å². The number of aryl methyl sites for hydroxylation is 1. The second-order valence-electron chi connectivity index (χ2n) is 12.8. The van der Waals surface area contributed by atoms with Crippen LogP contribution in [0.4, 0.5) is 0 Å². The van der Waals surface area contributed by atoms with Gasteiger partial charge in [-0.2, -0.15) is 0 Å². The van der Waals surface area contributed by atoms with Gasteiger partial charge in [0.15, 0.2) is 0 Å². The molecule has 1 unspecified atom stereocenters. The first-order chi connectivity index (χ1) is 20.9. The van der Waals surface area contributed by atoms with Crippen LogP contribution in [0.1, 0.15) is 83.1 Å². The Kier molecular flexibility index (Phi) is 7.29. The Morgan fingerprint density at radius 3 is 2.16 bits per heavy atom. The predicted molar refractivity (Wildman–Crippen MR) is 168 cm³/mol. The second-order valence-corrected chi connectivity index (χ2v) is 12.8. The molecule has 3 aromatic carbocycles. The third-order valence-corrected chi connectivity index (χ3v) is 10.6. The first-order valence-corrected chi connectivity index (χ1v) is 15.8. The van der Waals surface area contributed by atoms with E-state index in [9.17, 15) is 14.7 Å². The fourth-order valence-corrected chi connectivity index (χ4v) is 8.43. The van der Waals surface area contributed by atoms with Gasteiger partial charge in [0.05, 0.1) is 22.2 Å². The van der Waals surface area contributed by atoms with Crippen LogP contribution in [-0.2, 0) is 5.41 Å². The lowest BCUT2D eigenvalue weighted by molar-refractivity contribution is 0.0592. The van der Waals surface area contributed by atoms with Crippen LogP contribution in [0.2, 0.25) is 0 Å². The van der Waals surface area contributed by atoms with Crippen molar-refractivity contribution in [3.05, 3.63) is 101 Å². The molecule has 3 fully saturated rings. The van der Waals surface area contributed by atoms with Gasteiger partial charge in [-0.3, -0.25) is 9.69 Å². The third-order valence-electron chi connectivity index (χ3n) is 10.6. The lowest BCUT2D eigenvalue weighted by atomic mass is 9.70. The van der Waals surface area contributed by atoms with Gasteiger partial charge in [-0.15, -0.1) is 0 Å². The molecule has 3 saturated heterocycles. The highest BCUT2D eigenvalue weighted by Gasteiger charge is 2.44. The number of aromatic nitrogens is 2. The summed E-state index contributed by atoms with van der Waals surface area (Å²) in [5, 5.41) is 9.64. The van der Waals surface area contributed by atoms with Gasteiger partial charge in [-0.05, 0) is 93.7 Å². The van der Waals surface area contributed by atoms with Crippen molar-refractivity contribution in [1.29, 1.82) is 0 Å². The molecule has 4 heterocycles. The molecule has 1 N–H and O–H groups in total. The summed E-state index contributed by atoms with van der Waals surface area (Å²) in [5.74, 6) is -0.120. The summed E-state index contributed by atoms with van der Waals surface area (Å²) in [6, 6.07) is 27.6. The number of carboxylic acid groups (broad SMARTS) is 1. The summed E-state index contributed by atoms with van der Waals surface area (Å²) in [6.07, 6.45) is 7.68. The maximum absolute atomic E-state index is 13.5. The molecule has 7 nitrogen and oxygen atoms in total. The molecule has 0 aliphatic carbocycles. The topological polar surface area (TPSA) is 78.7 Å². The van der Waals surface area contributed by atoms with Crippen molar-refractivity contribution in [2.45, 2.75) is 75.4 Å². The van der Waals surface area contributed by atoms with E-state index < -0.39 is 5.97 Å². The number of imidazole rings is 1. The molecule has 0 radical (unpaired) electrons. The minimum atomic E-state index is -1.06. The molecule has 7 heteroatoms. The summed E-state index contributed by atoms with van der Waals surface area (Å²) in [4.78, 5) is 34.7. The Morgan fingerprint density at radius 2 is 1.47 bits per heavy atom. The van der Waals surface area contributed by atoms with E-state index in [0.717, 1.165) is 37.1 Å². The Hall–Kier alpha value is -3.97. The van der Waals surface area contributed by atoms with Gasteiger partial charge < -0.3 is 14.6 Å². The minimum Gasteiger partial charge on any atom is -0.478 e. The predicted octanol–water partition coefficient (Wildman–Crippen LogP) is 6.48. The number of rotatable bonds is 7. The molecule has 0 saturated carbocycles. The SMILES string of the molecule is Cc1nc2ccccc2n1C1C[C@H]2CC[C@@H](C1)N2CCC1(c2ccccc2)CCN(C(=O)c2ccccc2C(=O)O)CC1. The highest BCUT2D eigenvalue weighted by atomic mass is 16.4. The number of carbonyl (C=O) groups excluding carboxylic acids is 1. The van der Waals surface area contributed by atoms with Crippen LogP contribution in [0.25, 0.3) is 11.0 Å². The van der Waals surface area contributed by atoms with Crippen LogP contribution >= 0.6 is 0 Å². The van der Waals surface area contributed by atoms with Crippen molar-refractivity contribution < 1.29 is 14.7 Å². The molecule has 3 atom stereocenters. The quantitative estimate of drug-likeness (QED) is 0.273. The maximum atomic E-state index is 13.5. The van der Waals surface area contributed by atoms with Gasteiger partial charge >= 0.3 is 5.97 Å². The largest absolute Gasteiger partial charge is 0.478 e. The van der Waals surface area contributed by atoms with E-state index in [1.54, 1.807) is 18.2 Å². The summed E-state index contributed by atoms with van der Waals surface area (Å²) in [6.45, 7) is 4.47. The number of aromatic carboxylic acids is 1. The molecule has 222 valence electrons. The zero-order valence-electron chi connectivity index (χ0n) is 24.9. The third kappa shape index (κ3) is 5.03. The molecule has 0 spiro atoms. The van der Waals surface area contributed by atoms with E-state index in [-0.39, 0.29) is 22.4 Å². The zero-order chi connectivity index (χ0) is 29.6. The van der Waals surface area contributed by atoms with E-state index in [2.05, 4.69) is 71.0 Å². The summed E-state index contributed by atoms with van der Waals surface area (Å²) >= 11 is 0. The first kappa shape index (κ1) is 27.8. The van der Waals surface area contributed by atoms with Gasteiger partial charge in [0.2, 0.25) is 0 Å². The number of para-hydroxylation sites is 2. The number of nitrogens with zero attached hydrogens (tertiary/aromatic N) is 4. The molecule has 1 aromatic heterocycles. The Labute approximate surface area is 253 Å². The van der Waals surface area contributed by atoms with Crippen LogP contribution in [0.3, 0.4) is 0 Å². The summed E-state index contributed by atoms with van der Waals surface area (Å²) < 4.78 is 2.50. The fraction of sp³-hybridized carbons (Fsp3) is 0.417. The molecule has 1 amide bonds. The van der Waals surface area contributed by atoms with Gasteiger partial charge in [0.25, 0.3) is 5.91 Å². The first-order valence-electron chi connectivity index (χ1n) is 15.8. The van der Waals surface area contributed by atoms with Gasteiger partial charge in [-0.25, -0.2) is 9.78 Å². The van der Waals surface area contributed by atoms with Crippen molar-refractivity contribution in [3.8, 4) is 0 Å². The smallest absolute Gasteiger partial charge is 0.336 e. The number of carbonyl (C=O) groups is 2. The van der Waals surface area contributed by atoms with Crippen LogP contribution < -0.4 is 0 Å². The fourth-order valence-electron chi connectivity index (χ4n) is 8.43. The highest BCUT2D eigenvalue weighted by Crippen LogP contribution is 2.45. The van der Waals surface area contributed by atoms with E-state index in [0.29, 0.717) is 31.2 Å². The number of likely N-dealkylation sites (tertiary alicyclic amines) is 1. The lowest BCUT2D eigenvalue weighted by Gasteiger charge is -2.45. The molecule has 7 rings (SSSR count). The number of hydrogen-bond acceptors (Lipinski definition) is 4. The Bertz CT molecular complexity index is 1620. The molecule has 4 aromatic rings. The summed E-state index contributed by atoms with van der Waals surface area (Å²) in [5.41, 5.74) is 4.06. The highest BCUT2D eigenvalue weighted by molar-refractivity contribution is 6.04.